The Bertz CT molecular complexity index is 1300. The van der Waals surface area contributed by atoms with Crippen molar-refractivity contribution in [2.24, 2.45) is 0 Å². The summed E-state index contributed by atoms with van der Waals surface area (Å²) in [7, 11) is 0. The summed E-state index contributed by atoms with van der Waals surface area (Å²) in [6, 6.07) is 0. The Labute approximate surface area is 394 Å². The van der Waals surface area contributed by atoms with Crippen molar-refractivity contribution >= 4 is 17.9 Å². The van der Waals surface area contributed by atoms with Crippen molar-refractivity contribution in [1.82, 2.24) is 0 Å². The van der Waals surface area contributed by atoms with E-state index in [2.05, 4.69) is 112 Å². The van der Waals surface area contributed by atoms with E-state index in [-0.39, 0.29) is 37.5 Å². The first-order valence-corrected chi connectivity index (χ1v) is 26.2. The predicted molar refractivity (Wildman–Crippen MR) is 274 cm³/mol. The molecule has 0 saturated carbocycles. The summed E-state index contributed by atoms with van der Waals surface area (Å²) in [6.07, 6.45) is 68.3. The van der Waals surface area contributed by atoms with Gasteiger partial charge in [-0.15, -0.1) is 0 Å². The Hall–Kier alpha value is -3.67. The summed E-state index contributed by atoms with van der Waals surface area (Å²) in [6.45, 7) is 6.34. The Balaban J connectivity index is 4.51. The van der Waals surface area contributed by atoms with Gasteiger partial charge >= 0.3 is 17.9 Å². The maximum absolute atomic E-state index is 12.8. The van der Waals surface area contributed by atoms with Crippen molar-refractivity contribution in [3.8, 4) is 0 Å². The molecule has 0 spiro atoms. The second kappa shape index (κ2) is 52.0. The van der Waals surface area contributed by atoms with Crippen LogP contribution in [0.25, 0.3) is 0 Å². The molecule has 6 heteroatoms. The third-order valence-electron chi connectivity index (χ3n) is 10.8. The highest BCUT2D eigenvalue weighted by Crippen LogP contribution is 2.15. The summed E-state index contributed by atoms with van der Waals surface area (Å²) in [5.74, 6) is -1.01. The van der Waals surface area contributed by atoms with Crippen molar-refractivity contribution in [3.05, 3.63) is 97.2 Å². The lowest BCUT2D eigenvalue weighted by Gasteiger charge is -2.18. The van der Waals surface area contributed by atoms with Gasteiger partial charge in [0.1, 0.15) is 13.2 Å². The van der Waals surface area contributed by atoms with Gasteiger partial charge < -0.3 is 14.2 Å². The van der Waals surface area contributed by atoms with Gasteiger partial charge in [0.15, 0.2) is 6.10 Å². The lowest BCUT2D eigenvalue weighted by atomic mass is 10.0. The van der Waals surface area contributed by atoms with E-state index in [9.17, 15) is 14.4 Å². The summed E-state index contributed by atoms with van der Waals surface area (Å²) in [4.78, 5) is 38.0. The molecule has 0 bridgehead atoms. The van der Waals surface area contributed by atoms with Crippen LogP contribution in [-0.2, 0) is 28.6 Å². The number of carbonyl (C=O) groups is 3. The van der Waals surface area contributed by atoms with Crippen LogP contribution in [-0.4, -0.2) is 37.2 Å². The molecule has 0 N–H and O–H groups in total. The minimum Gasteiger partial charge on any atom is -0.462 e. The van der Waals surface area contributed by atoms with Crippen LogP contribution in [0.15, 0.2) is 97.2 Å². The maximum Gasteiger partial charge on any atom is 0.306 e. The first-order chi connectivity index (χ1) is 31.5. The van der Waals surface area contributed by atoms with Crippen LogP contribution in [0.3, 0.4) is 0 Å². The van der Waals surface area contributed by atoms with E-state index < -0.39 is 6.10 Å². The number of rotatable bonds is 46. The number of ether oxygens (including phenoxy) is 3. The summed E-state index contributed by atoms with van der Waals surface area (Å²) >= 11 is 0. The van der Waals surface area contributed by atoms with Gasteiger partial charge in [0.25, 0.3) is 0 Å². The molecule has 0 amide bonds. The number of hydrogen-bond acceptors (Lipinski definition) is 6. The molecule has 6 nitrogen and oxygen atoms in total. The van der Waals surface area contributed by atoms with Crippen LogP contribution in [0.4, 0.5) is 0 Å². The van der Waals surface area contributed by atoms with Crippen molar-refractivity contribution in [2.45, 2.75) is 239 Å². The molecular formula is C58H96O6. The minimum absolute atomic E-state index is 0.105. The van der Waals surface area contributed by atoms with E-state index in [1.807, 2.05) is 6.08 Å². The largest absolute Gasteiger partial charge is 0.462 e. The molecule has 0 saturated heterocycles. The fourth-order valence-corrected chi connectivity index (χ4v) is 6.98. The Kier molecular flexibility index (Phi) is 49.0. The Morgan fingerprint density at radius 3 is 1.05 bits per heavy atom. The topological polar surface area (TPSA) is 78.9 Å². The quantitative estimate of drug-likeness (QED) is 0.0262. The molecule has 0 heterocycles. The molecular weight excluding hydrogens is 793 g/mol. The maximum atomic E-state index is 12.8. The van der Waals surface area contributed by atoms with Gasteiger partial charge in [-0.1, -0.05) is 227 Å². The summed E-state index contributed by atoms with van der Waals surface area (Å²) in [5, 5.41) is 0. The average Bonchev–Trinajstić information content (AvgIpc) is 3.29. The number of esters is 3. The van der Waals surface area contributed by atoms with E-state index >= 15 is 0 Å². The van der Waals surface area contributed by atoms with Crippen LogP contribution in [0.5, 0.6) is 0 Å². The monoisotopic (exact) mass is 889 g/mol. The van der Waals surface area contributed by atoms with Crippen molar-refractivity contribution < 1.29 is 28.6 Å². The van der Waals surface area contributed by atoms with Crippen molar-refractivity contribution in [2.75, 3.05) is 13.2 Å². The number of unbranched alkanes of at least 4 members (excludes halogenated alkanes) is 19. The molecule has 0 aromatic carbocycles. The molecule has 0 aliphatic heterocycles. The number of carbonyl (C=O) groups excluding carboxylic acids is 3. The molecule has 0 aliphatic rings. The van der Waals surface area contributed by atoms with Crippen molar-refractivity contribution in [3.63, 3.8) is 0 Å². The molecule has 0 aromatic rings. The fourth-order valence-electron chi connectivity index (χ4n) is 6.98. The van der Waals surface area contributed by atoms with E-state index in [0.29, 0.717) is 19.3 Å². The second-order valence-electron chi connectivity index (χ2n) is 17.0. The highest BCUT2D eigenvalue weighted by atomic mass is 16.6. The summed E-state index contributed by atoms with van der Waals surface area (Å²) < 4.78 is 16.7. The molecule has 0 aliphatic carbocycles. The minimum atomic E-state index is -0.813. The molecule has 1 atom stereocenters. The van der Waals surface area contributed by atoms with Gasteiger partial charge in [0.05, 0.1) is 0 Å². The second-order valence-corrected chi connectivity index (χ2v) is 17.0. The van der Waals surface area contributed by atoms with Crippen LogP contribution in [0, 0.1) is 0 Å². The van der Waals surface area contributed by atoms with Gasteiger partial charge in [-0.25, -0.2) is 0 Å². The number of hydrogen-bond donors (Lipinski definition) is 0. The Morgan fingerprint density at radius 2 is 0.641 bits per heavy atom. The molecule has 1 unspecified atom stereocenters. The zero-order chi connectivity index (χ0) is 46.5. The van der Waals surface area contributed by atoms with Gasteiger partial charge in [-0.3, -0.25) is 14.4 Å². The molecule has 0 fully saturated rings. The van der Waals surface area contributed by atoms with Gasteiger partial charge in [-0.05, 0) is 83.5 Å². The smallest absolute Gasteiger partial charge is 0.306 e. The van der Waals surface area contributed by atoms with E-state index in [4.69, 9.17) is 14.2 Å². The lowest BCUT2D eigenvalue weighted by Crippen LogP contribution is -2.30. The van der Waals surface area contributed by atoms with Gasteiger partial charge in [-0.2, -0.15) is 0 Å². The highest BCUT2D eigenvalue weighted by Gasteiger charge is 2.19. The van der Waals surface area contributed by atoms with E-state index in [0.717, 1.165) is 103 Å². The van der Waals surface area contributed by atoms with Crippen LogP contribution in [0.2, 0.25) is 0 Å². The standard InChI is InChI=1S/C58H96O6/c1-4-7-10-13-16-19-22-25-28-30-33-36-39-42-45-48-51-57(60)63-54-55(53-62-56(59)50-47-44-41-38-35-32-27-24-21-18-15-12-9-6-3)64-58(61)52-49-46-43-40-37-34-31-29-26-23-20-17-14-11-8-5-2/h7-8,10-11,16-17,19-20,25-26,28-29,33,36,42,45,55H,4-6,9,12-15,18,21-24,27,30-32,34-35,37-41,43-44,46-54H2,1-3H3/b10-7-,11-8-,19-16-,20-17-,28-25-,29-26-,36-33-,45-42-. The lowest BCUT2D eigenvalue weighted by molar-refractivity contribution is -0.166. The van der Waals surface area contributed by atoms with E-state index in [1.165, 1.54) is 83.5 Å². The summed E-state index contributed by atoms with van der Waals surface area (Å²) in [5.41, 5.74) is 0. The normalized spacial score (nSPS) is 12.9. The highest BCUT2D eigenvalue weighted by molar-refractivity contribution is 5.71. The molecule has 0 radical (unpaired) electrons. The van der Waals surface area contributed by atoms with Gasteiger partial charge in [0, 0.05) is 19.3 Å². The molecule has 0 aromatic heterocycles. The fraction of sp³-hybridized carbons (Fsp3) is 0.672. The molecule has 364 valence electrons. The van der Waals surface area contributed by atoms with Crippen LogP contribution < -0.4 is 0 Å². The van der Waals surface area contributed by atoms with Crippen LogP contribution in [0.1, 0.15) is 233 Å². The molecule has 0 rings (SSSR count). The SMILES string of the molecule is CC/C=C\C/C=C\C/C=C\C/C=C\C/C=C\CCC(=O)OCC(COC(=O)CCCCCCCCCCCCCCCC)OC(=O)CCCCCCCC/C=C\C/C=C\C/C=C\CC. The zero-order valence-corrected chi connectivity index (χ0v) is 41.5. The first-order valence-electron chi connectivity index (χ1n) is 26.2. The van der Waals surface area contributed by atoms with Gasteiger partial charge in [0.2, 0.25) is 0 Å². The third kappa shape index (κ3) is 49.3. The average molecular weight is 889 g/mol. The first kappa shape index (κ1) is 60.3. The van der Waals surface area contributed by atoms with Crippen LogP contribution >= 0.6 is 0 Å². The number of allylic oxidation sites excluding steroid dienone is 16. The Morgan fingerprint density at radius 1 is 0.328 bits per heavy atom. The van der Waals surface area contributed by atoms with E-state index in [1.54, 1.807) is 0 Å². The zero-order valence-electron chi connectivity index (χ0n) is 41.5. The van der Waals surface area contributed by atoms with Crippen molar-refractivity contribution in [1.29, 1.82) is 0 Å². The molecule has 64 heavy (non-hydrogen) atoms. The third-order valence-corrected chi connectivity index (χ3v) is 10.8. The predicted octanol–water partition coefficient (Wildman–Crippen LogP) is 17.4.